The van der Waals surface area contributed by atoms with Crippen molar-refractivity contribution in [2.75, 3.05) is 5.33 Å². The second-order valence-electron chi connectivity index (χ2n) is 2.40. The second kappa shape index (κ2) is 4.53. The number of Topliss-reactive ketones (excluding diaryl/α,β-unsaturated/α-hetero) is 1. The Labute approximate surface area is 92.4 Å². The number of halogens is 2. The number of aryl methyl sites for hydroxylation is 1. The van der Waals surface area contributed by atoms with Crippen molar-refractivity contribution in [1.29, 1.82) is 0 Å². The topological polar surface area (TPSA) is 17.1 Å². The molecule has 12 heavy (non-hydrogen) atoms. The normalized spacial score (nSPS) is 12.9. The summed E-state index contributed by atoms with van der Waals surface area (Å²) in [4.78, 5) is 13.4. The van der Waals surface area contributed by atoms with Gasteiger partial charge in [0.25, 0.3) is 0 Å². The lowest BCUT2D eigenvalue weighted by atomic mass is 10.2. The van der Waals surface area contributed by atoms with E-state index in [-0.39, 0.29) is 10.6 Å². The molecule has 0 aliphatic heterocycles. The molecule has 66 valence electrons. The first kappa shape index (κ1) is 10.4. The van der Waals surface area contributed by atoms with Crippen LogP contribution in [0.1, 0.15) is 14.5 Å². The van der Waals surface area contributed by atoms with Crippen LogP contribution in [0.15, 0.2) is 12.1 Å². The maximum atomic E-state index is 11.5. The number of hydrogen-bond donors (Lipinski definition) is 0. The molecule has 0 aliphatic carbocycles. The summed E-state index contributed by atoms with van der Waals surface area (Å²) < 4.78 is 0. The molecule has 4 heteroatoms. The zero-order valence-electron chi connectivity index (χ0n) is 6.51. The van der Waals surface area contributed by atoms with Gasteiger partial charge in [0.2, 0.25) is 0 Å². The molecular formula is C8H8Br2OS. The first-order valence-electron chi connectivity index (χ1n) is 3.46. The minimum absolute atomic E-state index is 0.101. The summed E-state index contributed by atoms with van der Waals surface area (Å²) in [5.74, 6) is 0.157. The van der Waals surface area contributed by atoms with Gasteiger partial charge in [-0.15, -0.1) is 11.3 Å². The number of carbonyl (C=O) groups excluding carboxylic acids is 1. The van der Waals surface area contributed by atoms with Crippen molar-refractivity contribution in [2.45, 2.75) is 11.8 Å². The Morgan fingerprint density at radius 1 is 1.67 bits per heavy atom. The standard InChI is InChI=1S/C8H8Br2OS/c1-5-2-3-7(12-5)8(11)6(10)4-9/h2-3,6H,4H2,1H3. The average molecular weight is 312 g/mol. The summed E-state index contributed by atoms with van der Waals surface area (Å²) in [5, 5.41) is 0.656. The molecule has 0 aliphatic rings. The summed E-state index contributed by atoms with van der Waals surface area (Å²) in [7, 11) is 0. The quantitative estimate of drug-likeness (QED) is 0.617. The molecule has 0 fully saturated rings. The predicted octanol–water partition coefficient (Wildman–Crippen LogP) is 3.40. The van der Waals surface area contributed by atoms with Gasteiger partial charge in [-0.25, -0.2) is 0 Å². The smallest absolute Gasteiger partial charge is 0.187 e. The number of thiophene rings is 1. The van der Waals surface area contributed by atoms with Gasteiger partial charge in [0.15, 0.2) is 5.78 Å². The molecule has 0 spiro atoms. The van der Waals surface area contributed by atoms with Gasteiger partial charge in [0.05, 0.1) is 9.70 Å². The number of hydrogen-bond acceptors (Lipinski definition) is 2. The fourth-order valence-electron chi connectivity index (χ4n) is 0.791. The van der Waals surface area contributed by atoms with Crippen molar-refractivity contribution < 1.29 is 4.79 Å². The van der Waals surface area contributed by atoms with Crippen LogP contribution in [0.2, 0.25) is 0 Å². The summed E-state index contributed by atoms with van der Waals surface area (Å²) >= 11 is 8.09. The highest BCUT2D eigenvalue weighted by molar-refractivity contribution is 9.12. The van der Waals surface area contributed by atoms with Crippen LogP contribution >= 0.6 is 43.2 Å². The van der Waals surface area contributed by atoms with Gasteiger partial charge in [0.1, 0.15) is 0 Å². The fourth-order valence-corrected chi connectivity index (χ4v) is 2.35. The van der Waals surface area contributed by atoms with Crippen LogP contribution in [0.3, 0.4) is 0 Å². The largest absolute Gasteiger partial charge is 0.292 e. The Morgan fingerprint density at radius 3 is 2.75 bits per heavy atom. The third kappa shape index (κ3) is 2.41. The first-order chi connectivity index (χ1) is 5.65. The number of carbonyl (C=O) groups is 1. The molecule has 0 amide bonds. The molecule has 0 saturated carbocycles. The Morgan fingerprint density at radius 2 is 2.33 bits per heavy atom. The average Bonchev–Trinajstić information content (AvgIpc) is 2.49. The molecule has 1 aromatic rings. The number of rotatable bonds is 3. The fraction of sp³-hybridized carbons (Fsp3) is 0.375. The minimum Gasteiger partial charge on any atom is -0.292 e. The molecule has 0 aromatic carbocycles. The lowest BCUT2D eigenvalue weighted by Gasteiger charge is -2.00. The van der Waals surface area contributed by atoms with Gasteiger partial charge >= 0.3 is 0 Å². The van der Waals surface area contributed by atoms with Crippen LogP contribution in [0, 0.1) is 6.92 Å². The summed E-state index contributed by atoms with van der Waals surface area (Å²) in [6, 6.07) is 3.84. The van der Waals surface area contributed by atoms with Crippen molar-refractivity contribution in [2.24, 2.45) is 0 Å². The lowest BCUT2D eigenvalue weighted by molar-refractivity contribution is 0.100. The van der Waals surface area contributed by atoms with Crippen molar-refractivity contribution in [3.8, 4) is 0 Å². The van der Waals surface area contributed by atoms with Gasteiger partial charge < -0.3 is 0 Å². The lowest BCUT2D eigenvalue weighted by Crippen LogP contribution is -2.13. The zero-order valence-corrected chi connectivity index (χ0v) is 10.5. The highest BCUT2D eigenvalue weighted by atomic mass is 79.9. The van der Waals surface area contributed by atoms with Crippen molar-refractivity contribution in [3.05, 3.63) is 21.9 Å². The third-order valence-electron chi connectivity index (χ3n) is 1.40. The highest BCUT2D eigenvalue weighted by Gasteiger charge is 2.16. The molecule has 0 bridgehead atoms. The number of ketones is 1. The van der Waals surface area contributed by atoms with Gasteiger partial charge in [-0.2, -0.15) is 0 Å². The van der Waals surface area contributed by atoms with Crippen LogP contribution in [0.4, 0.5) is 0 Å². The van der Waals surface area contributed by atoms with Gasteiger partial charge in [0, 0.05) is 10.2 Å². The van der Waals surface area contributed by atoms with E-state index in [0.717, 1.165) is 4.88 Å². The van der Waals surface area contributed by atoms with Gasteiger partial charge in [-0.1, -0.05) is 31.9 Å². The minimum atomic E-state index is -0.101. The van der Waals surface area contributed by atoms with Gasteiger partial charge in [-0.05, 0) is 19.1 Å². The van der Waals surface area contributed by atoms with E-state index in [1.807, 2.05) is 19.1 Å². The summed E-state index contributed by atoms with van der Waals surface area (Å²) in [6.07, 6.45) is 0. The molecule has 0 saturated heterocycles. The van der Waals surface area contributed by atoms with E-state index in [0.29, 0.717) is 5.33 Å². The van der Waals surface area contributed by atoms with E-state index in [4.69, 9.17) is 0 Å². The zero-order chi connectivity index (χ0) is 9.14. The van der Waals surface area contributed by atoms with Gasteiger partial charge in [-0.3, -0.25) is 4.79 Å². The molecular weight excluding hydrogens is 304 g/mol. The molecule has 1 nitrogen and oxygen atoms in total. The summed E-state index contributed by atoms with van der Waals surface area (Å²) in [6.45, 7) is 2.00. The second-order valence-corrected chi connectivity index (χ2v) is 5.44. The van der Waals surface area contributed by atoms with E-state index in [9.17, 15) is 4.79 Å². The van der Waals surface area contributed by atoms with E-state index >= 15 is 0 Å². The summed E-state index contributed by atoms with van der Waals surface area (Å²) in [5.41, 5.74) is 0. The first-order valence-corrected chi connectivity index (χ1v) is 6.31. The Kier molecular flexibility index (Phi) is 3.93. The highest BCUT2D eigenvalue weighted by Crippen LogP contribution is 2.20. The molecule has 0 radical (unpaired) electrons. The molecule has 1 aromatic heterocycles. The molecule has 1 rings (SSSR count). The van der Waals surface area contributed by atoms with Crippen LogP contribution < -0.4 is 0 Å². The number of alkyl halides is 2. The van der Waals surface area contributed by atoms with E-state index in [2.05, 4.69) is 31.9 Å². The maximum Gasteiger partial charge on any atom is 0.187 e. The van der Waals surface area contributed by atoms with E-state index in [1.54, 1.807) is 0 Å². The van der Waals surface area contributed by atoms with Crippen molar-refractivity contribution in [1.82, 2.24) is 0 Å². The molecule has 0 N–H and O–H groups in total. The predicted molar refractivity (Wildman–Crippen MR) is 59.9 cm³/mol. The van der Waals surface area contributed by atoms with E-state index in [1.165, 1.54) is 16.2 Å². The molecule has 1 unspecified atom stereocenters. The van der Waals surface area contributed by atoms with E-state index < -0.39 is 0 Å². The maximum absolute atomic E-state index is 11.5. The van der Waals surface area contributed by atoms with Crippen LogP contribution in [0.5, 0.6) is 0 Å². The Bertz CT molecular complexity index is 282. The van der Waals surface area contributed by atoms with Crippen molar-refractivity contribution in [3.63, 3.8) is 0 Å². The van der Waals surface area contributed by atoms with Crippen LogP contribution in [-0.2, 0) is 0 Å². The Hall–Kier alpha value is 0.330. The SMILES string of the molecule is Cc1ccc(C(=O)C(Br)CBr)s1. The third-order valence-corrected chi connectivity index (χ3v) is 4.67. The molecule has 1 atom stereocenters. The van der Waals surface area contributed by atoms with Crippen molar-refractivity contribution >= 4 is 49.0 Å². The van der Waals surface area contributed by atoms with Crippen LogP contribution in [0.25, 0.3) is 0 Å². The Balaban J connectivity index is 2.78. The monoisotopic (exact) mass is 310 g/mol. The van der Waals surface area contributed by atoms with Crippen LogP contribution in [-0.4, -0.2) is 15.9 Å². The molecule has 1 heterocycles.